The predicted octanol–water partition coefficient (Wildman–Crippen LogP) is 3.14. The summed E-state index contributed by atoms with van der Waals surface area (Å²) in [5, 5.41) is 7.30. The molecule has 0 spiro atoms. The molecule has 0 aromatic heterocycles. The third kappa shape index (κ3) is 5.96. The van der Waals surface area contributed by atoms with Crippen molar-refractivity contribution in [3.8, 4) is 0 Å². The minimum Gasteiger partial charge on any atom is -0.478 e. The SMILES string of the molecule is C=C(C)C(=N)OCCCCCC. The largest absolute Gasteiger partial charge is 0.478 e. The van der Waals surface area contributed by atoms with Crippen molar-refractivity contribution in [2.75, 3.05) is 6.61 Å². The summed E-state index contributed by atoms with van der Waals surface area (Å²) in [6.07, 6.45) is 4.73. The molecular formula is C10H19NO. The van der Waals surface area contributed by atoms with Crippen molar-refractivity contribution in [3.05, 3.63) is 12.2 Å². The van der Waals surface area contributed by atoms with E-state index < -0.39 is 0 Å². The second-order valence-electron chi connectivity index (χ2n) is 3.02. The molecule has 2 heteroatoms. The van der Waals surface area contributed by atoms with Crippen LogP contribution < -0.4 is 0 Å². The Kier molecular flexibility index (Phi) is 6.44. The summed E-state index contributed by atoms with van der Waals surface area (Å²) in [7, 11) is 0. The first-order chi connectivity index (χ1) is 5.68. The molecule has 0 aliphatic carbocycles. The van der Waals surface area contributed by atoms with E-state index in [0.717, 1.165) is 6.42 Å². The Hall–Kier alpha value is -0.790. The lowest BCUT2D eigenvalue weighted by atomic mass is 10.2. The van der Waals surface area contributed by atoms with Gasteiger partial charge in [0.05, 0.1) is 6.61 Å². The van der Waals surface area contributed by atoms with E-state index in [1.165, 1.54) is 19.3 Å². The van der Waals surface area contributed by atoms with Crippen LogP contribution in [-0.2, 0) is 4.74 Å². The van der Waals surface area contributed by atoms with Crippen LogP contribution >= 0.6 is 0 Å². The fourth-order valence-electron chi connectivity index (χ4n) is 0.826. The lowest BCUT2D eigenvalue weighted by Gasteiger charge is -2.05. The van der Waals surface area contributed by atoms with Crippen LogP contribution in [0.25, 0.3) is 0 Å². The van der Waals surface area contributed by atoms with Crippen LogP contribution in [0.5, 0.6) is 0 Å². The highest BCUT2D eigenvalue weighted by atomic mass is 16.5. The van der Waals surface area contributed by atoms with Crippen molar-refractivity contribution in [1.29, 1.82) is 5.41 Å². The number of hydrogen-bond donors (Lipinski definition) is 1. The van der Waals surface area contributed by atoms with E-state index in [2.05, 4.69) is 13.5 Å². The predicted molar refractivity (Wildman–Crippen MR) is 52.6 cm³/mol. The molecule has 0 atom stereocenters. The highest BCUT2D eigenvalue weighted by molar-refractivity contribution is 5.89. The topological polar surface area (TPSA) is 33.1 Å². The monoisotopic (exact) mass is 169 g/mol. The van der Waals surface area contributed by atoms with Gasteiger partial charge in [-0.2, -0.15) is 0 Å². The minimum atomic E-state index is 0.228. The van der Waals surface area contributed by atoms with Crippen LogP contribution in [0, 0.1) is 5.41 Å². The van der Waals surface area contributed by atoms with Crippen molar-refractivity contribution < 1.29 is 4.74 Å². The van der Waals surface area contributed by atoms with Gasteiger partial charge in [0.15, 0.2) is 0 Å². The molecule has 0 rings (SSSR count). The first-order valence-electron chi connectivity index (χ1n) is 4.55. The second-order valence-corrected chi connectivity index (χ2v) is 3.02. The molecular weight excluding hydrogens is 150 g/mol. The molecule has 0 aromatic rings. The Morgan fingerprint density at radius 2 is 2.00 bits per heavy atom. The normalized spacial score (nSPS) is 9.50. The van der Waals surface area contributed by atoms with Crippen molar-refractivity contribution in [1.82, 2.24) is 0 Å². The number of hydrogen-bond acceptors (Lipinski definition) is 2. The molecule has 0 aromatic carbocycles. The first kappa shape index (κ1) is 11.2. The van der Waals surface area contributed by atoms with Gasteiger partial charge in [-0.25, -0.2) is 0 Å². The maximum atomic E-state index is 7.30. The minimum absolute atomic E-state index is 0.228. The molecule has 0 fully saturated rings. The van der Waals surface area contributed by atoms with Crippen LogP contribution in [0.2, 0.25) is 0 Å². The fraction of sp³-hybridized carbons (Fsp3) is 0.700. The highest BCUT2D eigenvalue weighted by Gasteiger charge is 1.96. The maximum absolute atomic E-state index is 7.30. The van der Waals surface area contributed by atoms with E-state index in [-0.39, 0.29) is 5.90 Å². The number of ether oxygens (including phenoxy) is 1. The van der Waals surface area contributed by atoms with E-state index in [1.54, 1.807) is 6.92 Å². The second kappa shape index (κ2) is 6.89. The van der Waals surface area contributed by atoms with E-state index >= 15 is 0 Å². The van der Waals surface area contributed by atoms with Gasteiger partial charge in [-0.15, -0.1) is 0 Å². The standard InChI is InChI=1S/C10H19NO/c1-4-5-6-7-8-12-10(11)9(2)3/h11H,2,4-8H2,1,3H3. The molecule has 0 aliphatic heterocycles. The Bertz CT molecular complexity index is 152. The zero-order chi connectivity index (χ0) is 9.40. The smallest absolute Gasteiger partial charge is 0.208 e. The molecule has 0 aliphatic rings. The van der Waals surface area contributed by atoms with Gasteiger partial charge in [-0.1, -0.05) is 32.8 Å². The molecule has 0 saturated heterocycles. The molecule has 0 radical (unpaired) electrons. The van der Waals surface area contributed by atoms with Crippen LogP contribution in [-0.4, -0.2) is 12.5 Å². The third-order valence-electron chi connectivity index (χ3n) is 1.63. The summed E-state index contributed by atoms with van der Waals surface area (Å²) in [5.41, 5.74) is 0.700. The molecule has 1 N–H and O–H groups in total. The van der Waals surface area contributed by atoms with Crippen molar-refractivity contribution in [3.63, 3.8) is 0 Å². The van der Waals surface area contributed by atoms with Gasteiger partial charge in [-0.05, 0) is 13.3 Å². The van der Waals surface area contributed by atoms with Gasteiger partial charge in [0, 0.05) is 5.57 Å². The molecule has 70 valence electrons. The lowest BCUT2D eigenvalue weighted by molar-refractivity contribution is 0.290. The summed E-state index contributed by atoms with van der Waals surface area (Å²) in [5.74, 6) is 0.228. The van der Waals surface area contributed by atoms with Gasteiger partial charge in [0.2, 0.25) is 5.90 Å². The van der Waals surface area contributed by atoms with E-state index in [0.29, 0.717) is 12.2 Å². The van der Waals surface area contributed by atoms with Gasteiger partial charge >= 0.3 is 0 Å². The summed E-state index contributed by atoms with van der Waals surface area (Å²) in [4.78, 5) is 0. The third-order valence-corrected chi connectivity index (χ3v) is 1.63. The first-order valence-corrected chi connectivity index (χ1v) is 4.55. The zero-order valence-electron chi connectivity index (χ0n) is 8.15. The Balaban J connectivity index is 3.20. The highest BCUT2D eigenvalue weighted by Crippen LogP contribution is 2.00. The molecule has 2 nitrogen and oxygen atoms in total. The van der Waals surface area contributed by atoms with E-state index in [9.17, 15) is 0 Å². The Labute approximate surface area is 75.1 Å². The average Bonchev–Trinajstić information content (AvgIpc) is 2.03. The van der Waals surface area contributed by atoms with Crippen LogP contribution in [0.4, 0.5) is 0 Å². The summed E-state index contributed by atoms with van der Waals surface area (Å²) < 4.78 is 5.13. The van der Waals surface area contributed by atoms with Gasteiger partial charge in [-0.3, -0.25) is 5.41 Å². The van der Waals surface area contributed by atoms with E-state index in [1.807, 2.05) is 0 Å². The lowest BCUT2D eigenvalue weighted by Crippen LogP contribution is -2.05. The summed E-state index contributed by atoms with van der Waals surface area (Å²) >= 11 is 0. The fourth-order valence-corrected chi connectivity index (χ4v) is 0.826. The van der Waals surface area contributed by atoms with Crippen LogP contribution in [0.15, 0.2) is 12.2 Å². The molecule has 0 heterocycles. The van der Waals surface area contributed by atoms with E-state index in [4.69, 9.17) is 10.1 Å². The van der Waals surface area contributed by atoms with Gasteiger partial charge in [0.1, 0.15) is 0 Å². The van der Waals surface area contributed by atoms with Crippen molar-refractivity contribution in [2.24, 2.45) is 0 Å². The van der Waals surface area contributed by atoms with Gasteiger partial charge in [0.25, 0.3) is 0 Å². The van der Waals surface area contributed by atoms with Gasteiger partial charge < -0.3 is 4.74 Å². The molecule has 0 unspecified atom stereocenters. The molecule has 0 saturated carbocycles. The molecule has 12 heavy (non-hydrogen) atoms. The zero-order valence-corrected chi connectivity index (χ0v) is 8.15. The Morgan fingerprint density at radius 1 is 1.33 bits per heavy atom. The summed E-state index contributed by atoms with van der Waals surface area (Å²) in [6, 6.07) is 0. The van der Waals surface area contributed by atoms with Crippen LogP contribution in [0.3, 0.4) is 0 Å². The molecule has 0 amide bonds. The average molecular weight is 169 g/mol. The number of rotatable bonds is 6. The van der Waals surface area contributed by atoms with Crippen LogP contribution in [0.1, 0.15) is 39.5 Å². The Morgan fingerprint density at radius 3 is 2.50 bits per heavy atom. The number of unbranched alkanes of at least 4 members (excludes halogenated alkanes) is 3. The quantitative estimate of drug-likeness (QED) is 0.370. The summed E-state index contributed by atoms with van der Waals surface area (Å²) in [6.45, 7) is 8.24. The number of nitrogens with one attached hydrogen (secondary N) is 1. The molecule has 0 bridgehead atoms. The van der Waals surface area contributed by atoms with Crippen molar-refractivity contribution in [2.45, 2.75) is 39.5 Å². The maximum Gasteiger partial charge on any atom is 0.208 e. The van der Waals surface area contributed by atoms with Crippen molar-refractivity contribution >= 4 is 5.90 Å².